The molecule has 3 aromatic carbocycles. The first-order valence-corrected chi connectivity index (χ1v) is 12.5. The zero-order valence-corrected chi connectivity index (χ0v) is 20.2. The van der Waals surface area contributed by atoms with Crippen LogP contribution in [0, 0.1) is 0 Å². The van der Waals surface area contributed by atoms with E-state index in [4.69, 9.17) is 4.74 Å². The minimum atomic E-state index is -4.98. The number of esters is 1. The lowest BCUT2D eigenvalue weighted by Crippen LogP contribution is -2.29. The summed E-state index contributed by atoms with van der Waals surface area (Å²) in [5.41, 5.74) is 1.37. The number of anilines is 2. The van der Waals surface area contributed by atoms with Crippen LogP contribution >= 0.6 is 0 Å². The number of hydrogen-bond acceptors (Lipinski definition) is 6. The second-order valence-electron chi connectivity index (χ2n) is 7.91. The van der Waals surface area contributed by atoms with E-state index < -0.39 is 34.0 Å². The summed E-state index contributed by atoms with van der Waals surface area (Å²) >= 11 is 0. The first-order chi connectivity index (χ1) is 17.5. The predicted octanol–water partition coefficient (Wildman–Crippen LogP) is 4.77. The molecule has 1 N–H and O–H groups in total. The Morgan fingerprint density at radius 3 is 2.51 bits per heavy atom. The van der Waals surface area contributed by atoms with Gasteiger partial charge in [0.2, 0.25) is 0 Å². The highest BCUT2D eigenvalue weighted by Gasteiger charge is 2.34. The summed E-state index contributed by atoms with van der Waals surface area (Å²) in [5.74, 6) is -1.87. The zero-order chi connectivity index (χ0) is 26.8. The summed E-state index contributed by atoms with van der Waals surface area (Å²) in [7, 11) is -4.26. The molecular formula is C25H21F3N2O6S. The van der Waals surface area contributed by atoms with E-state index in [9.17, 15) is 31.2 Å². The number of sulfonamides is 1. The molecule has 0 fully saturated rings. The number of amides is 1. The van der Waals surface area contributed by atoms with Crippen molar-refractivity contribution in [3.63, 3.8) is 0 Å². The molecule has 0 unspecified atom stereocenters. The summed E-state index contributed by atoms with van der Waals surface area (Å²) < 4.78 is 74.3. The number of ether oxygens (including phenoxy) is 2. The van der Waals surface area contributed by atoms with Crippen molar-refractivity contribution < 1.29 is 40.7 Å². The molecule has 12 heteroatoms. The SMILES string of the molecule is CCOC(=O)c1ccccc1NC(=O)c1ccc2c(c1)N(S(=O)(=O)c1cccc(OC(F)(F)F)c1)CC2. The number of fused-ring (bicyclic) bond motifs is 1. The molecule has 0 atom stereocenters. The topological polar surface area (TPSA) is 102 Å². The zero-order valence-electron chi connectivity index (χ0n) is 19.4. The van der Waals surface area contributed by atoms with Gasteiger partial charge in [-0.05, 0) is 55.3 Å². The van der Waals surface area contributed by atoms with E-state index in [1.54, 1.807) is 25.1 Å². The van der Waals surface area contributed by atoms with Crippen LogP contribution < -0.4 is 14.4 Å². The summed E-state index contributed by atoms with van der Waals surface area (Å²) in [4.78, 5) is 24.8. The van der Waals surface area contributed by atoms with E-state index in [2.05, 4.69) is 10.1 Å². The predicted molar refractivity (Wildman–Crippen MR) is 128 cm³/mol. The van der Waals surface area contributed by atoms with Crippen LogP contribution in [0.4, 0.5) is 24.5 Å². The van der Waals surface area contributed by atoms with Crippen LogP contribution in [0.5, 0.6) is 5.75 Å². The Kier molecular flexibility index (Phi) is 7.12. The average molecular weight is 535 g/mol. The summed E-state index contributed by atoms with van der Waals surface area (Å²) in [5, 5.41) is 2.64. The summed E-state index contributed by atoms with van der Waals surface area (Å²) in [6.45, 7) is 1.85. The minimum Gasteiger partial charge on any atom is -0.462 e. The Hall–Kier alpha value is -4.06. The first-order valence-electron chi connectivity index (χ1n) is 11.1. The molecule has 1 aliphatic rings. The Bertz CT molecular complexity index is 1460. The van der Waals surface area contributed by atoms with Crippen molar-refractivity contribution in [1.29, 1.82) is 0 Å². The number of halogens is 3. The number of benzene rings is 3. The number of alkyl halides is 3. The first kappa shape index (κ1) is 26.0. The van der Waals surface area contributed by atoms with Gasteiger partial charge >= 0.3 is 12.3 Å². The highest BCUT2D eigenvalue weighted by atomic mass is 32.2. The van der Waals surface area contributed by atoms with Crippen LogP contribution in [0.3, 0.4) is 0 Å². The Morgan fingerprint density at radius 2 is 1.78 bits per heavy atom. The van der Waals surface area contributed by atoms with Gasteiger partial charge in [0.15, 0.2) is 0 Å². The minimum absolute atomic E-state index is 0.0405. The lowest BCUT2D eigenvalue weighted by atomic mass is 10.1. The summed E-state index contributed by atoms with van der Waals surface area (Å²) in [6, 6.07) is 14.9. The highest BCUT2D eigenvalue weighted by molar-refractivity contribution is 7.92. The molecule has 1 heterocycles. The van der Waals surface area contributed by atoms with Gasteiger partial charge in [-0.15, -0.1) is 13.2 Å². The third-order valence-electron chi connectivity index (χ3n) is 5.50. The molecule has 8 nitrogen and oxygen atoms in total. The highest BCUT2D eigenvalue weighted by Crippen LogP contribution is 2.35. The van der Waals surface area contributed by atoms with E-state index in [-0.39, 0.29) is 40.5 Å². The van der Waals surface area contributed by atoms with Gasteiger partial charge < -0.3 is 14.8 Å². The average Bonchev–Trinajstić information content (AvgIpc) is 3.28. The van der Waals surface area contributed by atoms with Gasteiger partial charge in [-0.1, -0.05) is 24.3 Å². The largest absolute Gasteiger partial charge is 0.573 e. The molecule has 1 amide bonds. The fourth-order valence-electron chi connectivity index (χ4n) is 3.87. The van der Waals surface area contributed by atoms with Crippen LogP contribution in [-0.4, -0.2) is 39.8 Å². The Labute approximate surface area is 210 Å². The number of hydrogen-bond donors (Lipinski definition) is 1. The Balaban J connectivity index is 1.61. The van der Waals surface area contributed by atoms with Crippen molar-refractivity contribution in [2.75, 3.05) is 22.8 Å². The molecule has 37 heavy (non-hydrogen) atoms. The van der Waals surface area contributed by atoms with Gasteiger partial charge in [0.1, 0.15) is 5.75 Å². The maximum atomic E-state index is 13.3. The van der Waals surface area contributed by atoms with Crippen molar-refractivity contribution in [2.45, 2.75) is 24.6 Å². The second-order valence-corrected chi connectivity index (χ2v) is 9.78. The third kappa shape index (κ3) is 5.69. The number of nitrogens with zero attached hydrogens (tertiary/aromatic N) is 1. The van der Waals surface area contributed by atoms with Crippen molar-refractivity contribution in [3.05, 3.63) is 83.4 Å². The molecule has 3 aromatic rings. The summed E-state index contributed by atoms with van der Waals surface area (Å²) in [6.07, 6.45) is -4.63. The lowest BCUT2D eigenvalue weighted by Gasteiger charge is -2.21. The van der Waals surface area contributed by atoms with Crippen LogP contribution in [0.2, 0.25) is 0 Å². The number of carbonyl (C=O) groups excluding carboxylic acids is 2. The number of para-hydroxylation sites is 1. The molecule has 4 rings (SSSR count). The van der Waals surface area contributed by atoms with Gasteiger partial charge in [0.05, 0.1) is 28.4 Å². The smallest absolute Gasteiger partial charge is 0.462 e. The van der Waals surface area contributed by atoms with Crippen LogP contribution in [0.25, 0.3) is 0 Å². The van der Waals surface area contributed by atoms with E-state index in [1.165, 1.54) is 30.3 Å². The van der Waals surface area contributed by atoms with Crippen molar-refractivity contribution in [3.8, 4) is 5.75 Å². The van der Waals surface area contributed by atoms with E-state index >= 15 is 0 Å². The molecule has 1 aliphatic heterocycles. The second kappa shape index (κ2) is 10.1. The van der Waals surface area contributed by atoms with E-state index in [0.29, 0.717) is 12.0 Å². The van der Waals surface area contributed by atoms with E-state index in [0.717, 1.165) is 22.5 Å². The standard InChI is InChI=1S/C25H21F3N2O6S/c1-2-35-24(32)20-8-3-4-9-21(20)29-23(31)17-11-10-16-12-13-30(22(16)14-17)37(33,34)19-7-5-6-18(15-19)36-25(26,27)28/h3-11,14-15H,2,12-13H2,1H3,(H,29,31). The van der Waals surface area contributed by atoms with Crippen molar-refractivity contribution >= 4 is 33.3 Å². The van der Waals surface area contributed by atoms with Gasteiger partial charge in [-0.25, -0.2) is 13.2 Å². The van der Waals surface area contributed by atoms with Gasteiger partial charge in [0.25, 0.3) is 15.9 Å². The molecule has 0 aromatic heterocycles. The normalized spacial score (nSPS) is 13.1. The molecule has 0 aliphatic carbocycles. The quantitative estimate of drug-likeness (QED) is 0.439. The molecule has 0 radical (unpaired) electrons. The molecule has 0 saturated heterocycles. The van der Waals surface area contributed by atoms with Gasteiger partial charge in [-0.2, -0.15) is 0 Å². The van der Waals surface area contributed by atoms with Crippen LogP contribution in [-0.2, 0) is 21.2 Å². The number of rotatable bonds is 7. The number of carbonyl (C=O) groups is 2. The maximum Gasteiger partial charge on any atom is 0.573 e. The lowest BCUT2D eigenvalue weighted by molar-refractivity contribution is -0.274. The monoisotopic (exact) mass is 534 g/mol. The van der Waals surface area contributed by atoms with Crippen LogP contribution in [0.15, 0.2) is 71.6 Å². The number of nitrogens with one attached hydrogen (secondary N) is 1. The molecule has 0 saturated carbocycles. The van der Waals surface area contributed by atoms with Gasteiger partial charge in [-0.3, -0.25) is 9.10 Å². The molecule has 0 bridgehead atoms. The molecule has 194 valence electrons. The fraction of sp³-hybridized carbons (Fsp3) is 0.200. The Morgan fingerprint density at radius 1 is 1.03 bits per heavy atom. The van der Waals surface area contributed by atoms with Crippen molar-refractivity contribution in [2.24, 2.45) is 0 Å². The fourth-order valence-corrected chi connectivity index (χ4v) is 5.40. The molecule has 0 spiro atoms. The molecular weight excluding hydrogens is 513 g/mol. The maximum absolute atomic E-state index is 13.3. The third-order valence-corrected chi connectivity index (χ3v) is 7.31. The van der Waals surface area contributed by atoms with Crippen molar-refractivity contribution in [1.82, 2.24) is 0 Å². The van der Waals surface area contributed by atoms with E-state index in [1.807, 2.05) is 0 Å². The van der Waals surface area contributed by atoms with Gasteiger partial charge in [0, 0.05) is 18.2 Å². The van der Waals surface area contributed by atoms with Crippen LogP contribution in [0.1, 0.15) is 33.2 Å².